The molecule has 1 aromatic carbocycles. The Hall–Kier alpha value is -1.53. The predicted octanol–water partition coefficient (Wildman–Crippen LogP) is 3.32. The van der Waals surface area contributed by atoms with Crippen LogP contribution < -0.4 is 4.90 Å². The number of rotatable bonds is 1. The van der Waals surface area contributed by atoms with Crippen molar-refractivity contribution in [3.8, 4) is 0 Å². The molecule has 0 unspecified atom stereocenters. The van der Waals surface area contributed by atoms with Crippen LogP contribution in [0.15, 0.2) is 22.1 Å². The summed E-state index contributed by atoms with van der Waals surface area (Å²) in [6, 6.07) is 3.72. The van der Waals surface area contributed by atoms with Crippen molar-refractivity contribution in [2.45, 2.75) is 13.8 Å². The summed E-state index contributed by atoms with van der Waals surface area (Å²) in [7, 11) is 0. The van der Waals surface area contributed by atoms with E-state index >= 15 is 0 Å². The molecule has 6 heteroatoms. The van der Waals surface area contributed by atoms with Crippen molar-refractivity contribution >= 4 is 44.2 Å². The summed E-state index contributed by atoms with van der Waals surface area (Å²) in [5.41, 5.74) is 2.63. The Bertz CT molecular complexity index is 682. The highest BCUT2D eigenvalue weighted by molar-refractivity contribution is 9.11. The lowest BCUT2D eigenvalue weighted by Crippen LogP contribution is -2.29. The summed E-state index contributed by atoms with van der Waals surface area (Å²) in [6.45, 7) is 3.68. The number of benzene rings is 1. The zero-order chi connectivity index (χ0) is 13.7. The van der Waals surface area contributed by atoms with Crippen LogP contribution in [0.1, 0.15) is 31.8 Å². The maximum atomic E-state index is 12.4. The number of carbonyl (C=O) groups is 2. The van der Waals surface area contributed by atoms with Crippen LogP contribution in [-0.2, 0) is 0 Å². The highest BCUT2D eigenvalue weighted by Crippen LogP contribution is 2.35. The molecule has 1 aromatic heterocycles. The Morgan fingerprint density at radius 3 is 2.05 bits per heavy atom. The van der Waals surface area contributed by atoms with E-state index in [4.69, 9.17) is 0 Å². The molecule has 0 bridgehead atoms. The Morgan fingerprint density at radius 1 is 1.11 bits per heavy atom. The van der Waals surface area contributed by atoms with Crippen molar-refractivity contribution in [3.05, 3.63) is 44.4 Å². The summed E-state index contributed by atoms with van der Waals surface area (Å²) in [4.78, 5) is 30.1. The van der Waals surface area contributed by atoms with Crippen LogP contribution in [0.4, 0.5) is 5.13 Å². The molecule has 0 fully saturated rings. The molecule has 0 atom stereocenters. The van der Waals surface area contributed by atoms with Crippen LogP contribution in [0.5, 0.6) is 0 Å². The minimum Gasteiger partial charge on any atom is -0.268 e. The number of carbonyl (C=O) groups excluding carboxylic acids is 2. The summed E-state index contributed by atoms with van der Waals surface area (Å²) in [6.07, 6.45) is 1.59. The van der Waals surface area contributed by atoms with Gasteiger partial charge >= 0.3 is 0 Å². The van der Waals surface area contributed by atoms with E-state index in [9.17, 15) is 9.59 Å². The van der Waals surface area contributed by atoms with Gasteiger partial charge in [-0.25, -0.2) is 9.88 Å². The van der Waals surface area contributed by atoms with Crippen LogP contribution in [0.3, 0.4) is 0 Å². The Balaban J connectivity index is 2.20. The van der Waals surface area contributed by atoms with E-state index in [1.165, 1.54) is 11.3 Å². The first-order valence-electron chi connectivity index (χ1n) is 5.61. The van der Waals surface area contributed by atoms with Gasteiger partial charge < -0.3 is 0 Å². The van der Waals surface area contributed by atoms with E-state index in [-0.39, 0.29) is 11.8 Å². The number of fused-ring (bicyclic) bond motifs is 1. The first-order valence-corrected chi connectivity index (χ1v) is 7.22. The van der Waals surface area contributed by atoms with E-state index in [0.29, 0.717) is 16.3 Å². The van der Waals surface area contributed by atoms with Crippen molar-refractivity contribution in [2.75, 3.05) is 4.90 Å². The first-order chi connectivity index (χ1) is 9.00. The van der Waals surface area contributed by atoms with Gasteiger partial charge in [0, 0.05) is 0 Å². The molecule has 0 N–H and O–H groups in total. The topological polar surface area (TPSA) is 50.3 Å². The van der Waals surface area contributed by atoms with Crippen LogP contribution in [0.2, 0.25) is 0 Å². The fourth-order valence-corrected chi connectivity index (χ4v) is 3.38. The molecule has 19 heavy (non-hydrogen) atoms. The molecule has 2 amide bonds. The standard InChI is InChI=1S/C13H9BrN2O2S/c1-6-3-4-7(2)10-9(6)11(17)16(12(10)18)13-15-5-8(14)19-13/h3-5H,1-2H3. The molecule has 0 radical (unpaired) electrons. The normalized spacial score (nSPS) is 14.2. The quantitative estimate of drug-likeness (QED) is 0.750. The van der Waals surface area contributed by atoms with Crippen molar-refractivity contribution < 1.29 is 9.59 Å². The third-order valence-corrected chi connectivity index (χ3v) is 4.57. The maximum Gasteiger partial charge on any atom is 0.268 e. The van der Waals surface area contributed by atoms with Gasteiger partial charge in [-0.3, -0.25) is 9.59 Å². The van der Waals surface area contributed by atoms with Crippen molar-refractivity contribution in [3.63, 3.8) is 0 Å². The number of halogens is 1. The van der Waals surface area contributed by atoms with E-state index < -0.39 is 0 Å². The number of aryl methyl sites for hydroxylation is 2. The van der Waals surface area contributed by atoms with Gasteiger partial charge in [0.15, 0.2) is 0 Å². The smallest absolute Gasteiger partial charge is 0.268 e. The van der Waals surface area contributed by atoms with E-state index in [0.717, 1.165) is 19.8 Å². The second-order valence-electron chi connectivity index (χ2n) is 4.34. The summed E-state index contributed by atoms with van der Waals surface area (Å²) in [5.74, 6) is -0.578. The molecular weight excluding hydrogens is 328 g/mol. The second-order valence-corrected chi connectivity index (χ2v) is 6.73. The minimum atomic E-state index is -0.289. The summed E-state index contributed by atoms with van der Waals surface area (Å²) < 4.78 is 0.785. The number of aromatic nitrogens is 1. The van der Waals surface area contributed by atoms with Crippen LogP contribution in [0.25, 0.3) is 0 Å². The molecule has 0 aliphatic carbocycles. The molecule has 2 heterocycles. The fourth-order valence-electron chi connectivity index (χ4n) is 2.20. The molecule has 1 aliphatic heterocycles. The van der Waals surface area contributed by atoms with Gasteiger partial charge in [0.2, 0.25) is 5.13 Å². The van der Waals surface area contributed by atoms with Gasteiger partial charge in [-0.2, -0.15) is 0 Å². The molecule has 96 valence electrons. The van der Waals surface area contributed by atoms with Crippen molar-refractivity contribution in [1.82, 2.24) is 4.98 Å². The maximum absolute atomic E-state index is 12.4. The lowest BCUT2D eigenvalue weighted by molar-refractivity contribution is 0.0926. The Morgan fingerprint density at radius 2 is 1.63 bits per heavy atom. The molecule has 0 saturated heterocycles. The van der Waals surface area contributed by atoms with Crippen LogP contribution >= 0.6 is 27.3 Å². The van der Waals surface area contributed by atoms with Crippen molar-refractivity contribution in [1.29, 1.82) is 0 Å². The van der Waals surface area contributed by atoms with Crippen LogP contribution in [0, 0.1) is 13.8 Å². The molecule has 4 nitrogen and oxygen atoms in total. The number of amides is 2. The largest absolute Gasteiger partial charge is 0.268 e. The Labute approximate surface area is 122 Å². The third kappa shape index (κ3) is 1.74. The lowest BCUT2D eigenvalue weighted by Gasteiger charge is -2.08. The number of thiazole rings is 1. The fraction of sp³-hybridized carbons (Fsp3) is 0.154. The Kier molecular flexibility index (Phi) is 2.79. The van der Waals surface area contributed by atoms with Gasteiger partial charge in [0.1, 0.15) is 0 Å². The molecule has 3 rings (SSSR count). The zero-order valence-corrected chi connectivity index (χ0v) is 12.6. The molecular formula is C13H9BrN2O2S. The summed E-state index contributed by atoms with van der Waals surface area (Å²) >= 11 is 4.55. The van der Waals surface area contributed by atoms with Gasteiger partial charge in [0.05, 0.1) is 21.1 Å². The average molecular weight is 337 g/mol. The van der Waals surface area contributed by atoms with E-state index in [2.05, 4.69) is 20.9 Å². The lowest BCUT2D eigenvalue weighted by atomic mass is 9.99. The minimum absolute atomic E-state index is 0.289. The predicted molar refractivity (Wildman–Crippen MR) is 76.9 cm³/mol. The zero-order valence-electron chi connectivity index (χ0n) is 10.2. The number of hydrogen-bond acceptors (Lipinski definition) is 4. The highest BCUT2D eigenvalue weighted by atomic mass is 79.9. The van der Waals surface area contributed by atoms with Gasteiger partial charge in [0.25, 0.3) is 11.8 Å². The number of imide groups is 1. The van der Waals surface area contributed by atoms with E-state index in [1.54, 1.807) is 6.20 Å². The molecule has 0 saturated carbocycles. The van der Waals surface area contributed by atoms with E-state index in [1.807, 2.05) is 26.0 Å². The monoisotopic (exact) mass is 336 g/mol. The molecule has 0 spiro atoms. The molecule has 2 aromatic rings. The number of hydrogen-bond donors (Lipinski definition) is 0. The SMILES string of the molecule is Cc1ccc(C)c2c1C(=O)N(c1ncc(Br)s1)C2=O. The van der Waals surface area contributed by atoms with Gasteiger partial charge in [-0.15, -0.1) is 0 Å². The van der Waals surface area contributed by atoms with Crippen molar-refractivity contribution in [2.24, 2.45) is 0 Å². The van der Waals surface area contributed by atoms with Gasteiger partial charge in [-0.1, -0.05) is 23.5 Å². The number of anilines is 1. The first kappa shape index (κ1) is 12.5. The second kappa shape index (κ2) is 4.25. The average Bonchev–Trinajstić information content (AvgIpc) is 2.87. The highest BCUT2D eigenvalue weighted by Gasteiger charge is 2.40. The molecule has 1 aliphatic rings. The van der Waals surface area contributed by atoms with Crippen LogP contribution in [-0.4, -0.2) is 16.8 Å². The number of nitrogens with zero attached hydrogens (tertiary/aromatic N) is 2. The third-order valence-electron chi connectivity index (χ3n) is 3.11. The van der Waals surface area contributed by atoms with Gasteiger partial charge in [-0.05, 0) is 40.9 Å². The summed E-state index contributed by atoms with van der Waals surface area (Å²) in [5, 5.41) is 0.400.